The molecule has 0 saturated heterocycles. The summed E-state index contributed by atoms with van der Waals surface area (Å²) >= 11 is 0. The first-order valence-electron chi connectivity index (χ1n) is 6.19. The molecule has 1 aliphatic carbocycles. The molecule has 0 heterocycles. The lowest BCUT2D eigenvalue weighted by molar-refractivity contribution is 0.0336. The smallest absolute Gasteiger partial charge is 0.119 e. The van der Waals surface area contributed by atoms with Gasteiger partial charge in [0, 0.05) is 6.61 Å². The zero-order valence-electron chi connectivity index (χ0n) is 10.3. The second-order valence-corrected chi connectivity index (χ2v) is 4.60. The van der Waals surface area contributed by atoms with E-state index in [9.17, 15) is 5.11 Å². The predicted molar refractivity (Wildman–Crippen MR) is 66.1 cm³/mol. The molecule has 0 aromatic heterocycles. The zero-order chi connectivity index (χ0) is 12.1. The molecule has 1 unspecified atom stereocenters. The molecule has 0 aliphatic heterocycles. The van der Waals surface area contributed by atoms with Crippen LogP contribution in [0, 0.1) is 5.92 Å². The second-order valence-electron chi connectivity index (χ2n) is 4.60. The number of methoxy groups -OCH3 is 1. The maximum atomic E-state index is 9.94. The molecule has 0 radical (unpaired) electrons. The molecule has 1 aromatic carbocycles. The van der Waals surface area contributed by atoms with Gasteiger partial charge >= 0.3 is 0 Å². The molecule has 3 heteroatoms. The van der Waals surface area contributed by atoms with Crippen molar-refractivity contribution in [3.8, 4) is 5.75 Å². The Morgan fingerprint density at radius 1 is 1.41 bits per heavy atom. The summed E-state index contributed by atoms with van der Waals surface area (Å²) in [6.07, 6.45) is 3.26. The third-order valence-corrected chi connectivity index (χ3v) is 3.12. The Morgan fingerprint density at radius 3 is 2.94 bits per heavy atom. The number of aliphatic hydroxyl groups is 1. The third kappa shape index (κ3) is 4.02. The van der Waals surface area contributed by atoms with Crippen molar-refractivity contribution >= 4 is 0 Å². The zero-order valence-corrected chi connectivity index (χ0v) is 10.3. The van der Waals surface area contributed by atoms with E-state index in [1.165, 1.54) is 12.8 Å². The van der Waals surface area contributed by atoms with Gasteiger partial charge in [0.1, 0.15) is 11.9 Å². The topological polar surface area (TPSA) is 38.7 Å². The average molecular weight is 236 g/mol. The van der Waals surface area contributed by atoms with Gasteiger partial charge in [0.05, 0.1) is 13.7 Å². The molecule has 1 N–H and O–H groups in total. The molecule has 1 fully saturated rings. The summed E-state index contributed by atoms with van der Waals surface area (Å²) < 4.78 is 10.6. The molecule has 2 rings (SSSR count). The SMILES string of the molecule is COc1cccc(C(O)COCCC2CC2)c1. The normalized spacial score (nSPS) is 16.8. The lowest BCUT2D eigenvalue weighted by Crippen LogP contribution is -2.08. The van der Waals surface area contributed by atoms with Crippen LogP contribution in [0.2, 0.25) is 0 Å². The van der Waals surface area contributed by atoms with Crippen molar-refractivity contribution in [3.05, 3.63) is 29.8 Å². The average Bonchev–Trinajstić information content (AvgIpc) is 3.18. The van der Waals surface area contributed by atoms with Crippen molar-refractivity contribution < 1.29 is 14.6 Å². The van der Waals surface area contributed by atoms with E-state index in [4.69, 9.17) is 9.47 Å². The van der Waals surface area contributed by atoms with Gasteiger partial charge < -0.3 is 14.6 Å². The van der Waals surface area contributed by atoms with E-state index in [-0.39, 0.29) is 0 Å². The van der Waals surface area contributed by atoms with Gasteiger partial charge in [-0.05, 0) is 30.0 Å². The molecule has 1 aliphatic rings. The molecule has 0 bridgehead atoms. The lowest BCUT2D eigenvalue weighted by atomic mass is 10.1. The van der Waals surface area contributed by atoms with Crippen LogP contribution in [0.25, 0.3) is 0 Å². The molecule has 17 heavy (non-hydrogen) atoms. The first kappa shape index (κ1) is 12.4. The molecule has 1 aromatic rings. The van der Waals surface area contributed by atoms with Gasteiger partial charge in [-0.15, -0.1) is 0 Å². The standard InChI is InChI=1S/C14H20O3/c1-16-13-4-2-3-12(9-13)14(15)10-17-8-7-11-5-6-11/h2-4,9,11,14-15H,5-8,10H2,1H3. The first-order chi connectivity index (χ1) is 8.29. The minimum absolute atomic E-state index is 0.361. The van der Waals surface area contributed by atoms with E-state index in [0.717, 1.165) is 30.3 Å². The molecule has 0 spiro atoms. The summed E-state index contributed by atoms with van der Waals surface area (Å²) in [4.78, 5) is 0. The van der Waals surface area contributed by atoms with Crippen molar-refractivity contribution in [2.24, 2.45) is 5.92 Å². The maximum Gasteiger partial charge on any atom is 0.119 e. The Balaban J connectivity index is 1.74. The van der Waals surface area contributed by atoms with Gasteiger partial charge in [-0.25, -0.2) is 0 Å². The third-order valence-electron chi connectivity index (χ3n) is 3.12. The Labute approximate surface area is 102 Å². The van der Waals surface area contributed by atoms with Crippen LogP contribution in [0.1, 0.15) is 30.9 Å². The van der Waals surface area contributed by atoms with Crippen LogP contribution >= 0.6 is 0 Å². The van der Waals surface area contributed by atoms with Crippen LogP contribution in [0.3, 0.4) is 0 Å². The number of aliphatic hydroxyl groups excluding tert-OH is 1. The van der Waals surface area contributed by atoms with E-state index in [1.54, 1.807) is 7.11 Å². The fraction of sp³-hybridized carbons (Fsp3) is 0.571. The van der Waals surface area contributed by atoms with Crippen molar-refractivity contribution in [1.82, 2.24) is 0 Å². The van der Waals surface area contributed by atoms with Gasteiger partial charge in [0.25, 0.3) is 0 Å². The van der Waals surface area contributed by atoms with Crippen LogP contribution in [-0.4, -0.2) is 25.4 Å². The fourth-order valence-corrected chi connectivity index (χ4v) is 1.80. The summed E-state index contributed by atoms with van der Waals surface area (Å²) in [5.74, 6) is 1.64. The van der Waals surface area contributed by atoms with E-state index in [1.807, 2.05) is 24.3 Å². The highest BCUT2D eigenvalue weighted by Gasteiger charge is 2.20. The number of hydrogen-bond acceptors (Lipinski definition) is 3. The van der Waals surface area contributed by atoms with E-state index in [2.05, 4.69) is 0 Å². The van der Waals surface area contributed by atoms with Crippen LogP contribution < -0.4 is 4.74 Å². The first-order valence-corrected chi connectivity index (χ1v) is 6.19. The Bertz CT molecular complexity index is 347. The molecule has 0 amide bonds. The van der Waals surface area contributed by atoms with E-state index < -0.39 is 6.10 Å². The van der Waals surface area contributed by atoms with Crippen molar-refractivity contribution in [1.29, 1.82) is 0 Å². The Hall–Kier alpha value is -1.06. The molecule has 3 nitrogen and oxygen atoms in total. The van der Waals surface area contributed by atoms with Crippen LogP contribution in [0.15, 0.2) is 24.3 Å². The molecule has 1 atom stereocenters. The summed E-state index contributed by atoms with van der Waals surface area (Å²) in [7, 11) is 1.62. The highest BCUT2D eigenvalue weighted by Crippen LogP contribution is 2.32. The largest absolute Gasteiger partial charge is 0.497 e. The Kier molecular flexibility index (Phi) is 4.40. The second kappa shape index (κ2) is 6.03. The minimum Gasteiger partial charge on any atom is -0.497 e. The van der Waals surface area contributed by atoms with Crippen LogP contribution in [0.4, 0.5) is 0 Å². The van der Waals surface area contributed by atoms with Gasteiger partial charge in [0.2, 0.25) is 0 Å². The Morgan fingerprint density at radius 2 is 2.24 bits per heavy atom. The van der Waals surface area contributed by atoms with Gasteiger partial charge in [-0.3, -0.25) is 0 Å². The van der Waals surface area contributed by atoms with Crippen LogP contribution in [-0.2, 0) is 4.74 Å². The highest BCUT2D eigenvalue weighted by molar-refractivity contribution is 5.29. The highest BCUT2D eigenvalue weighted by atomic mass is 16.5. The van der Waals surface area contributed by atoms with Gasteiger partial charge in [-0.2, -0.15) is 0 Å². The summed E-state index contributed by atoms with van der Waals surface area (Å²) in [5.41, 5.74) is 0.843. The summed E-state index contributed by atoms with van der Waals surface area (Å²) in [6.45, 7) is 1.12. The number of benzene rings is 1. The van der Waals surface area contributed by atoms with Gasteiger partial charge in [-0.1, -0.05) is 25.0 Å². The maximum absolute atomic E-state index is 9.94. The number of hydrogen-bond donors (Lipinski definition) is 1. The number of rotatable bonds is 7. The van der Waals surface area contributed by atoms with Crippen molar-refractivity contribution in [2.75, 3.05) is 20.3 Å². The van der Waals surface area contributed by atoms with Crippen molar-refractivity contribution in [2.45, 2.75) is 25.4 Å². The summed E-state index contributed by atoms with van der Waals surface area (Å²) in [5, 5.41) is 9.94. The van der Waals surface area contributed by atoms with Gasteiger partial charge in [0.15, 0.2) is 0 Å². The van der Waals surface area contributed by atoms with E-state index >= 15 is 0 Å². The number of ether oxygens (including phenoxy) is 2. The minimum atomic E-state index is -0.565. The fourth-order valence-electron chi connectivity index (χ4n) is 1.80. The van der Waals surface area contributed by atoms with Crippen LogP contribution in [0.5, 0.6) is 5.75 Å². The van der Waals surface area contributed by atoms with Crippen molar-refractivity contribution in [3.63, 3.8) is 0 Å². The quantitative estimate of drug-likeness (QED) is 0.739. The molecular weight excluding hydrogens is 216 g/mol. The predicted octanol–water partition coefficient (Wildman–Crippen LogP) is 2.55. The molecule has 94 valence electrons. The lowest BCUT2D eigenvalue weighted by Gasteiger charge is -2.12. The van der Waals surface area contributed by atoms with E-state index in [0.29, 0.717) is 6.61 Å². The molecular formula is C14H20O3. The molecule has 1 saturated carbocycles. The monoisotopic (exact) mass is 236 g/mol. The summed E-state index contributed by atoms with van der Waals surface area (Å²) in [6, 6.07) is 7.47.